The topological polar surface area (TPSA) is 256 Å². The molecule has 5 rings (SSSR count). The van der Waals surface area contributed by atoms with Crippen LogP contribution in [-0.2, 0) is 47.8 Å². The Kier molecular flexibility index (Phi) is 10.7. The number of aliphatic hydroxyl groups excluding tert-OH is 1. The van der Waals surface area contributed by atoms with Gasteiger partial charge in [-0.25, -0.2) is 0 Å². The van der Waals surface area contributed by atoms with Gasteiger partial charge in [-0.05, 0) is 56.1 Å². The van der Waals surface area contributed by atoms with Gasteiger partial charge in [-0.1, -0.05) is 38.8 Å². The van der Waals surface area contributed by atoms with Crippen LogP contribution in [0.1, 0.15) is 65.7 Å². The van der Waals surface area contributed by atoms with Gasteiger partial charge in [0.25, 0.3) is 10.2 Å². The number of esters is 2. The molecular formula is C32H43N3O15. The molecule has 0 aromatic carbocycles. The highest BCUT2D eigenvalue weighted by Crippen LogP contribution is 2.69. The molecule has 0 amide bonds. The summed E-state index contributed by atoms with van der Waals surface area (Å²) >= 11 is 0. The van der Waals surface area contributed by atoms with E-state index in [0.717, 1.165) is 12.0 Å². The van der Waals surface area contributed by atoms with Gasteiger partial charge >= 0.3 is 11.9 Å². The number of rotatable bonds is 15. The number of fused-ring (bicyclic) bond motifs is 7. The maximum atomic E-state index is 14.3. The lowest BCUT2D eigenvalue weighted by Gasteiger charge is -2.59. The molecular weight excluding hydrogens is 666 g/mol. The van der Waals surface area contributed by atoms with Crippen molar-refractivity contribution < 1.29 is 63.1 Å². The molecule has 1 heterocycles. The van der Waals surface area contributed by atoms with Crippen molar-refractivity contribution >= 4 is 23.5 Å². The van der Waals surface area contributed by atoms with Gasteiger partial charge in [0.05, 0.1) is 18.6 Å². The Labute approximate surface area is 286 Å². The lowest BCUT2D eigenvalue weighted by Crippen LogP contribution is -2.63. The molecule has 18 heteroatoms. The van der Waals surface area contributed by atoms with Crippen LogP contribution in [-0.4, -0.2) is 94.9 Å². The monoisotopic (exact) mass is 709 g/mol. The summed E-state index contributed by atoms with van der Waals surface area (Å²) in [5, 5.41) is 30.4. The van der Waals surface area contributed by atoms with Crippen molar-refractivity contribution in [2.45, 2.75) is 102 Å². The van der Waals surface area contributed by atoms with Crippen LogP contribution in [0.4, 0.5) is 0 Å². The van der Waals surface area contributed by atoms with E-state index in [1.54, 1.807) is 12.2 Å². The van der Waals surface area contributed by atoms with Gasteiger partial charge in [-0.2, -0.15) is 0 Å². The van der Waals surface area contributed by atoms with E-state index >= 15 is 0 Å². The molecule has 5 aliphatic rings. The van der Waals surface area contributed by atoms with Gasteiger partial charge in [0, 0.05) is 16.7 Å². The van der Waals surface area contributed by atoms with Gasteiger partial charge in [0.2, 0.25) is 5.78 Å². The van der Waals surface area contributed by atoms with Crippen LogP contribution >= 0.6 is 0 Å². The Morgan fingerprint density at radius 2 is 1.90 bits per heavy atom. The second-order valence-electron chi connectivity index (χ2n) is 14.1. The maximum Gasteiger partial charge on any atom is 0.323 e. The number of Topliss-reactive ketones (excluding diaryl/α,β-unsaturated/α-hetero) is 1. The van der Waals surface area contributed by atoms with Crippen molar-refractivity contribution in [2.24, 2.45) is 34.3 Å². The third kappa shape index (κ3) is 6.72. The number of aliphatic hydroxyl groups is 1. The van der Waals surface area contributed by atoms with Crippen molar-refractivity contribution in [3.63, 3.8) is 0 Å². The van der Waals surface area contributed by atoms with Gasteiger partial charge in [-0.15, -0.1) is 20.2 Å². The molecule has 3 saturated carbocycles. The Bertz CT molecular complexity index is 1470. The van der Waals surface area contributed by atoms with E-state index in [1.807, 2.05) is 19.9 Å². The molecule has 276 valence electrons. The fraction of sp³-hybridized carbons (Fsp3) is 0.750. The number of carbonyl (C=O) groups is 4. The summed E-state index contributed by atoms with van der Waals surface area (Å²) in [5.74, 6) is -3.11. The average molecular weight is 710 g/mol. The van der Waals surface area contributed by atoms with Crippen molar-refractivity contribution in [3.05, 3.63) is 44.0 Å². The van der Waals surface area contributed by atoms with Gasteiger partial charge < -0.3 is 39.5 Å². The van der Waals surface area contributed by atoms with E-state index in [9.17, 15) is 44.5 Å². The number of allylic oxidation sites excluding steroid dienone is 4. The zero-order valence-corrected chi connectivity index (χ0v) is 28.1. The lowest BCUT2D eigenvalue weighted by atomic mass is 9.46. The summed E-state index contributed by atoms with van der Waals surface area (Å²) in [5.41, 5.74) is 3.83. The second kappa shape index (κ2) is 14.3. The number of ether oxygens (including phenoxy) is 4. The largest absolute Gasteiger partial charge is 0.462 e. The summed E-state index contributed by atoms with van der Waals surface area (Å²) in [6.45, 7) is 3.46. The Morgan fingerprint density at radius 1 is 1.16 bits per heavy atom. The number of nitrogens with two attached hydrogens (primary N) is 1. The third-order valence-corrected chi connectivity index (χ3v) is 11.3. The molecule has 0 radical (unpaired) electrons. The molecule has 4 unspecified atom stereocenters. The van der Waals surface area contributed by atoms with E-state index in [1.165, 1.54) is 0 Å². The van der Waals surface area contributed by atoms with Crippen LogP contribution in [0.3, 0.4) is 0 Å². The summed E-state index contributed by atoms with van der Waals surface area (Å²) in [7, 11) is 0. The zero-order valence-electron chi connectivity index (χ0n) is 28.1. The van der Waals surface area contributed by atoms with E-state index < -0.39 is 101 Å². The molecule has 11 atom stereocenters. The molecule has 0 aromatic rings. The van der Waals surface area contributed by atoms with Crippen molar-refractivity contribution in [1.29, 1.82) is 0 Å². The van der Waals surface area contributed by atoms with Crippen LogP contribution in [0.2, 0.25) is 0 Å². The minimum Gasteiger partial charge on any atom is -0.462 e. The molecule has 18 nitrogen and oxygen atoms in total. The number of hydrogen-bond acceptors (Lipinski definition) is 16. The first-order valence-corrected chi connectivity index (χ1v) is 16.7. The Hall–Kier alpha value is -4.00. The molecule has 3 N–H and O–H groups in total. The first-order valence-electron chi connectivity index (χ1n) is 16.7. The normalized spacial score (nSPS) is 36.4. The first kappa shape index (κ1) is 37.3. The van der Waals surface area contributed by atoms with Crippen LogP contribution < -0.4 is 5.73 Å². The van der Waals surface area contributed by atoms with Crippen LogP contribution in [0.25, 0.3) is 0 Å². The fourth-order valence-corrected chi connectivity index (χ4v) is 9.24. The molecule has 4 aliphatic carbocycles. The average Bonchev–Trinajstić information content (AvgIpc) is 3.52. The highest BCUT2D eigenvalue weighted by molar-refractivity contribution is 6.01. The highest BCUT2D eigenvalue weighted by atomic mass is 17.0. The molecule has 1 aliphatic heterocycles. The van der Waals surface area contributed by atoms with Gasteiger partial charge in [0.1, 0.15) is 19.3 Å². The molecule has 50 heavy (non-hydrogen) atoms. The summed E-state index contributed by atoms with van der Waals surface area (Å²) in [6.07, 6.45) is 3.92. The Morgan fingerprint density at radius 3 is 2.58 bits per heavy atom. The van der Waals surface area contributed by atoms with E-state index in [-0.39, 0.29) is 30.0 Å². The van der Waals surface area contributed by atoms with E-state index in [0.29, 0.717) is 25.7 Å². The third-order valence-electron chi connectivity index (χ3n) is 11.3. The summed E-state index contributed by atoms with van der Waals surface area (Å²) in [6, 6.07) is -1.61. The standard InChI is InChI=1S/C32H43N3O15/c1-4-5-27-48-25-11-21-20-7-6-17-10-18(36)8-9-30(17,2)28(20)23(37)13-31(21,3)32(25,49-27)24(38)16-45-26(39)12-22(33)29(40)46-14-19(50-35(43)44)15-47-34(41)42/h8-10,19-23,25,27-28,37H,4-7,11-16,33H2,1-3H3/t19?,20-,21-,22?,23-,25+,27?,28+,30-,31-,32?/m0/s1. The van der Waals surface area contributed by atoms with E-state index in [4.69, 9.17) is 24.7 Å². The maximum absolute atomic E-state index is 14.3. The van der Waals surface area contributed by atoms with Crippen LogP contribution in [0, 0.1) is 48.8 Å². The smallest absolute Gasteiger partial charge is 0.323 e. The number of nitrogens with zero attached hydrogens (tertiary/aromatic N) is 2. The number of hydrogen-bond donors (Lipinski definition) is 2. The van der Waals surface area contributed by atoms with Crippen molar-refractivity contribution in [3.8, 4) is 0 Å². The second-order valence-corrected chi connectivity index (χ2v) is 14.1. The zero-order chi connectivity index (χ0) is 36.6. The molecule has 4 fully saturated rings. The predicted molar refractivity (Wildman–Crippen MR) is 165 cm³/mol. The number of carbonyl (C=O) groups excluding carboxylic acids is 4. The predicted octanol–water partition coefficient (Wildman–Crippen LogP) is 1.31. The minimum atomic E-state index is -1.64. The van der Waals surface area contributed by atoms with Crippen LogP contribution in [0.15, 0.2) is 23.8 Å². The quantitative estimate of drug-likeness (QED) is 0.138. The highest BCUT2D eigenvalue weighted by Gasteiger charge is 2.75. The van der Waals surface area contributed by atoms with Gasteiger partial charge in [0.15, 0.2) is 30.4 Å². The SMILES string of the molecule is CCCC1O[C@@H]2C[C@H]3[C@@H]4CCC5=CC(=O)C=C[C@]5(C)[C@H]4[C@@H](O)C[C@]3(C)C2(C(=O)COC(=O)CC(N)C(=O)OCC(CO[N+](=O)[O-])O[N+](=O)[O-])O1. The summed E-state index contributed by atoms with van der Waals surface area (Å²) in [4.78, 5) is 80.8. The molecule has 0 aromatic heterocycles. The minimum absolute atomic E-state index is 0.0103. The lowest BCUT2D eigenvalue weighted by molar-refractivity contribution is -0.790. The first-order chi connectivity index (χ1) is 23.5. The molecule has 0 bridgehead atoms. The fourth-order valence-electron chi connectivity index (χ4n) is 9.24. The Balaban J connectivity index is 1.26. The van der Waals surface area contributed by atoms with Crippen molar-refractivity contribution in [2.75, 3.05) is 19.8 Å². The molecule has 0 spiro atoms. The van der Waals surface area contributed by atoms with Gasteiger partial charge in [-0.3, -0.25) is 19.2 Å². The van der Waals surface area contributed by atoms with Crippen molar-refractivity contribution in [1.82, 2.24) is 0 Å². The summed E-state index contributed by atoms with van der Waals surface area (Å²) < 4.78 is 23.0. The van der Waals surface area contributed by atoms with Crippen LogP contribution in [0.5, 0.6) is 0 Å². The molecule has 1 saturated heterocycles. The van der Waals surface area contributed by atoms with E-state index in [2.05, 4.69) is 16.6 Å². The number of ketones is 2.